The quantitative estimate of drug-likeness (QED) is 0.611. The Hall–Kier alpha value is -0.150. The van der Waals surface area contributed by atoms with E-state index in [1.54, 1.807) is 7.11 Å². The largest absolute Gasteiger partial charge is 0.382 e. The van der Waals surface area contributed by atoms with E-state index in [0.29, 0.717) is 19.6 Å². The summed E-state index contributed by atoms with van der Waals surface area (Å²) in [7, 11) is 1.61. The highest BCUT2D eigenvalue weighted by Gasteiger charge is 2.27. The van der Waals surface area contributed by atoms with E-state index in [2.05, 4.69) is 0 Å². The highest BCUT2D eigenvalue weighted by Crippen LogP contribution is 2.21. The first-order valence-corrected chi connectivity index (χ1v) is 3.98. The maximum atomic E-state index is 13.0. The molecule has 3 unspecified atom stereocenters. The van der Waals surface area contributed by atoms with Gasteiger partial charge in [0.2, 0.25) is 0 Å². The highest BCUT2D eigenvalue weighted by atomic mass is 19.1. The molecule has 0 aromatic heterocycles. The van der Waals surface area contributed by atoms with E-state index < -0.39 is 6.17 Å². The minimum atomic E-state index is -0.719. The second kappa shape index (κ2) is 4.02. The van der Waals surface area contributed by atoms with Crippen LogP contribution in [-0.4, -0.2) is 32.6 Å². The molecule has 0 amide bonds. The fraction of sp³-hybridized carbons (Fsp3) is 1.00. The Kier molecular flexibility index (Phi) is 3.27. The molecule has 11 heavy (non-hydrogen) atoms. The molecule has 1 fully saturated rings. The third-order valence-corrected chi connectivity index (χ3v) is 2.05. The lowest BCUT2D eigenvalue weighted by atomic mass is 9.98. The van der Waals surface area contributed by atoms with E-state index in [1.807, 2.05) is 6.92 Å². The zero-order chi connectivity index (χ0) is 8.27. The van der Waals surface area contributed by atoms with E-state index in [1.165, 1.54) is 0 Å². The van der Waals surface area contributed by atoms with Gasteiger partial charge < -0.3 is 9.47 Å². The van der Waals surface area contributed by atoms with Crippen LogP contribution < -0.4 is 0 Å². The average Bonchev–Trinajstić information content (AvgIpc) is 1.98. The average molecular weight is 162 g/mol. The third kappa shape index (κ3) is 2.42. The second-order valence-corrected chi connectivity index (χ2v) is 3.14. The molecule has 1 rings (SSSR count). The monoisotopic (exact) mass is 162 g/mol. The van der Waals surface area contributed by atoms with Crippen molar-refractivity contribution < 1.29 is 13.9 Å². The second-order valence-electron chi connectivity index (χ2n) is 3.14. The standard InChI is InChI=1S/C8H15FO2/c1-6-4-11-7(5-10-2)3-8(6)9/h6-8H,3-5H2,1-2H3. The molecule has 1 aliphatic heterocycles. The third-order valence-electron chi connectivity index (χ3n) is 2.05. The molecule has 66 valence electrons. The van der Waals surface area contributed by atoms with E-state index in [4.69, 9.17) is 9.47 Å². The Bertz CT molecular complexity index is 119. The predicted octanol–water partition coefficient (Wildman–Crippen LogP) is 1.40. The maximum Gasteiger partial charge on any atom is 0.107 e. The maximum absolute atomic E-state index is 13.0. The lowest BCUT2D eigenvalue weighted by Gasteiger charge is -2.29. The van der Waals surface area contributed by atoms with Crippen molar-refractivity contribution in [3.05, 3.63) is 0 Å². The van der Waals surface area contributed by atoms with Crippen LogP contribution >= 0.6 is 0 Å². The van der Waals surface area contributed by atoms with Crippen molar-refractivity contribution in [1.29, 1.82) is 0 Å². The van der Waals surface area contributed by atoms with Crippen LogP contribution in [0.25, 0.3) is 0 Å². The summed E-state index contributed by atoms with van der Waals surface area (Å²) in [5.41, 5.74) is 0. The predicted molar refractivity (Wildman–Crippen MR) is 40.3 cm³/mol. The highest BCUT2D eigenvalue weighted by molar-refractivity contribution is 4.75. The molecule has 0 radical (unpaired) electrons. The molecule has 1 heterocycles. The fourth-order valence-electron chi connectivity index (χ4n) is 1.25. The minimum absolute atomic E-state index is 0.0359. The molecule has 1 saturated heterocycles. The van der Waals surface area contributed by atoms with Crippen LogP contribution in [0, 0.1) is 5.92 Å². The summed E-state index contributed by atoms with van der Waals surface area (Å²) >= 11 is 0. The van der Waals surface area contributed by atoms with Gasteiger partial charge in [0.05, 0.1) is 19.3 Å². The molecular formula is C8H15FO2. The summed E-state index contributed by atoms with van der Waals surface area (Å²) in [6.45, 7) is 2.90. The van der Waals surface area contributed by atoms with Gasteiger partial charge in [0, 0.05) is 19.4 Å². The van der Waals surface area contributed by atoms with Crippen LogP contribution in [0.1, 0.15) is 13.3 Å². The Morgan fingerprint density at radius 3 is 2.91 bits per heavy atom. The first kappa shape index (κ1) is 8.94. The molecule has 1 aliphatic rings. The van der Waals surface area contributed by atoms with Crippen molar-refractivity contribution in [2.45, 2.75) is 25.6 Å². The Morgan fingerprint density at radius 1 is 1.64 bits per heavy atom. The molecule has 0 bridgehead atoms. The molecule has 0 aliphatic carbocycles. The smallest absolute Gasteiger partial charge is 0.107 e. The van der Waals surface area contributed by atoms with Gasteiger partial charge in [-0.2, -0.15) is 0 Å². The summed E-state index contributed by atoms with van der Waals surface area (Å²) in [5, 5.41) is 0. The number of ether oxygens (including phenoxy) is 2. The first-order valence-electron chi connectivity index (χ1n) is 3.98. The van der Waals surface area contributed by atoms with Crippen molar-refractivity contribution in [3.63, 3.8) is 0 Å². The van der Waals surface area contributed by atoms with Crippen molar-refractivity contribution in [2.24, 2.45) is 5.92 Å². The SMILES string of the molecule is COCC1CC(F)C(C)CO1. The number of hydrogen-bond acceptors (Lipinski definition) is 2. The van der Waals surface area contributed by atoms with E-state index in [-0.39, 0.29) is 12.0 Å². The van der Waals surface area contributed by atoms with Crippen molar-refractivity contribution in [3.8, 4) is 0 Å². The van der Waals surface area contributed by atoms with Crippen LogP contribution in [0.15, 0.2) is 0 Å². The Morgan fingerprint density at radius 2 is 2.36 bits per heavy atom. The van der Waals surface area contributed by atoms with Gasteiger partial charge in [-0.05, 0) is 0 Å². The van der Waals surface area contributed by atoms with Gasteiger partial charge in [-0.3, -0.25) is 0 Å². The van der Waals surface area contributed by atoms with Crippen LogP contribution in [-0.2, 0) is 9.47 Å². The van der Waals surface area contributed by atoms with Gasteiger partial charge in [0.15, 0.2) is 0 Å². The minimum Gasteiger partial charge on any atom is -0.382 e. The Balaban J connectivity index is 2.28. The van der Waals surface area contributed by atoms with Crippen LogP contribution in [0.3, 0.4) is 0 Å². The molecule has 0 aromatic carbocycles. The molecule has 0 saturated carbocycles. The lowest BCUT2D eigenvalue weighted by Crippen LogP contribution is -2.35. The topological polar surface area (TPSA) is 18.5 Å². The zero-order valence-corrected chi connectivity index (χ0v) is 7.05. The van der Waals surface area contributed by atoms with Gasteiger partial charge in [0.1, 0.15) is 6.17 Å². The molecule has 2 nitrogen and oxygen atoms in total. The van der Waals surface area contributed by atoms with Crippen LogP contribution in [0.5, 0.6) is 0 Å². The van der Waals surface area contributed by atoms with Gasteiger partial charge in [-0.15, -0.1) is 0 Å². The summed E-state index contributed by atoms with van der Waals surface area (Å²) in [6.07, 6.45) is -0.273. The number of methoxy groups -OCH3 is 1. The summed E-state index contributed by atoms with van der Waals surface area (Å²) in [4.78, 5) is 0. The van der Waals surface area contributed by atoms with Gasteiger partial charge in [-0.1, -0.05) is 6.92 Å². The van der Waals surface area contributed by atoms with E-state index >= 15 is 0 Å². The summed E-state index contributed by atoms with van der Waals surface area (Å²) < 4.78 is 23.2. The number of halogens is 1. The van der Waals surface area contributed by atoms with Gasteiger partial charge in [0.25, 0.3) is 0 Å². The van der Waals surface area contributed by atoms with Crippen molar-refractivity contribution in [2.75, 3.05) is 20.3 Å². The molecule has 3 atom stereocenters. The fourth-order valence-corrected chi connectivity index (χ4v) is 1.25. The molecule has 0 aromatic rings. The first-order chi connectivity index (χ1) is 5.24. The molecular weight excluding hydrogens is 147 g/mol. The summed E-state index contributed by atoms with van der Waals surface area (Å²) in [5.74, 6) is 0.0445. The molecule has 0 N–H and O–H groups in total. The molecule has 3 heteroatoms. The lowest BCUT2D eigenvalue weighted by molar-refractivity contribution is -0.0781. The summed E-state index contributed by atoms with van der Waals surface area (Å²) in [6, 6.07) is 0. The number of rotatable bonds is 2. The van der Waals surface area contributed by atoms with Crippen LogP contribution in [0.4, 0.5) is 4.39 Å². The Labute approximate surface area is 66.7 Å². The number of alkyl halides is 1. The van der Waals surface area contributed by atoms with E-state index in [0.717, 1.165) is 0 Å². The van der Waals surface area contributed by atoms with E-state index in [9.17, 15) is 4.39 Å². The van der Waals surface area contributed by atoms with Gasteiger partial charge >= 0.3 is 0 Å². The number of hydrogen-bond donors (Lipinski definition) is 0. The van der Waals surface area contributed by atoms with Crippen molar-refractivity contribution >= 4 is 0 Å². The van der Waals surface area contributed by atoms with Crippen LogP contribution in [0.2, 0.25) is 0 Å². The normalized spacial score (nSPS) is 39.0. The van der Waals surface area contributed by atoms with Gasteiger partial charge in [-0.25, -0.2) is 4.39 Å². The molecule has 0 spiro atoms. The zero-order valence-electron chi connectivity index (χ0n) is 7.05. The van der Waals surface area contributed by atoms with Crippen molar-refractivity contribution in [1.82, 2.24) is 0 Å².